The Morgan fingerprint density at radius 2 is 2.20 bits per heavy atom. The molecule has 2 aliphatic rings. The van der Waals surface area contributed by atoms with Crippen LogP contribution in [0, 0.1) is 19.7 Å². The Hall–Kier alpha value is -1.26. The number of fused-ring (bicyclic) bond motifs is 1. The Labute approximate surface area is 118 Å². The van der Waals surface area contributed by atoms with E-state index in [9.17, 15) is 9.18 Å². The predicted molar refractivity (Wildman–Crippen MR) is 74.5 cm³/mol. The summed E-state index contributed by atoms with van der Waals surface area (Å²) in [5.41, 5.74) is 1.72. The van der Waals surface area contributed by atoms with Crippen LogP contribution in [-0.2, 0) is 4.74 Å². The van der Waals surface area contributed by atoms with E-state index in [1.807, 2.05) is 13.0 Å². The average molecular weight is 277 g/mol. The van der Waals surface area contributed by atoms with Crippen molar-refractivity contribution in [3.05, 3.63) is 34.6 Å². The molecule has 0 aliphatic carbocycles. The number of rotatable bonds is 2. The molecule has 0 bridgehead atoms. The third-order valence-electron chi connectivity index (χ3n) is 4.36. The quantitative estimate of drug-likeness (QED) is 0.778. The first kappa shape index (κ1) is 13.7. The van der Waals surface area contributed by atoms with Gasteiger partial charge in [0.05, 0.1) is 12.2 Å². The molecule has 2 heterocycles. The zero-order chi connectivity index (χ0) is 14.3. The van der Waals surface area contributed by atoms with E-state index < -0.39 is 11.9 Å². The van der Waals surface area contributed by atoms with Crippen molar-refractivity contribution in [3.63, 3.8) is 0 Å². The molecule has 0 spiro atoms. The number of carbonyl (C=O) groups excluding carboxylic acids is 1. The molecule has 20 heavy (non-hydrogen) atoms. The lowest BCUT2D eigenvalue weighted by Crippen LogP contribution is -2.49. The van der Waals surface area contributed by atoms with E-state index in [-0.39, 0.29) is 11.3 Å². The topological polar surface area (TPSA) is 29.5 Å². The molecule has 2 atom stereocenters. The van der Waals surface area contributed by atoms with Gasteiger partial charge in [-0.05, 0) is 50.4 Å². The lowest BCUT2D eigenvalue weighted by molar-refractivity contribution is -0.0346. The van der Waals surface area contributed by atoms with Gasteiger partial charge in [0.25, 0.3) is 0 Å². The number of ether oxygens (including phenoxy) is 1. The third kappa shape index (κ3) is 2.38. The van der Waals surface area contributed by atoms with Crippen molar-refractivity contribution < 1.29 is 13.9 Å². The normalized spacial score (nSPS) is 26.6. The minimum Gasteiger partial charge on any atom is -0.367 e. The van der Waals surface area contributed by atoms with Gasteiger partial charge in [0.2, 0.25) is 0 Å². The number of Topliss-reactive ketones (excluding diaryl/α,β-unsaturated/α-hetero) is 1. The van der Waals surface area contributed by atoms with E-state index in [4.69, 9.17) is 4.74 Å². The standard InChI is InChI=1S/C16H20FNO2/c1-10-6-11(2)15(13(17)7-10)16(19)14-8-18-5-3-4-12(18)9-20-14/h6-7,12,14H,3-5,8-9H2,1-2H3. The monoisotopic (exact) mass is 277 g/mol. The van der Waals surface area contributed by atoms with Gasteiger partial charge < -0.3 is 4.74 Å². The van der Waals surface area contributed by atoms with Crippen LogP contribution in [0.1, 0.15) is 34.3 Å². The van der Waals surface area contributed by atoms with Crippen molar-refractivity contribution in [2.24, 2.45) is 0 Å². The maximum absolute atomic E-state index is 14.1. The largest absolute Gasteiger partial charge is 0.367 e. The highest BCUT2D eigenvalue weighted by Gasteiger charge is 2.36. The van der Waals surface area contributed by atoms with Gasteiger partial charge in [-0.15, -0.1) is 0 Å². The Balaban J connectivity index is 1.82. The summed E-state index contributed by atoms with van der Waals surface area (Å²) in [6.45, 7) is 5.81. The number of ketones is 1. The molecule has 0 aromatic heterocycles. The highest BCUT2D eigenvalue weighted by molar-refractivity contribution is 6.01. The SMILES string of the molecule is Cc1cc(C)c(C(=O)C2CN3CCCC3CO2)c(F)c1. The van der Waals surface area contributed by atoms with Crippen LogP contribution in [0.2, 0.25) is 0 Å². The minimum atomic E-state index is -0.528. The molecule has 3 rings (SSSR count). The maximum atomic E-state index is 14.1. The molecule has 2 unspecified atom stereocenters. The van der Waals surface area contributed by atoms with Crippen LogP contribution in [0.5, 0.6) is 0 Å². The van der Waals surface area contributed by atoms with Crippen LogP contribution in [0.15, 0.2) is 12.1 Å². The second kappa shape index (κ2) is 5.26. The molecule has 0 saturated carbocycles. The summed E-state index contributed by atoms with van der Waals surface area (Å²) in [5, 5.41) is 0. The number of benzene rings is 1. The molecule has 1 aromatic carbocycles. The average Bonchev–Trinajstić information content (AvgIpc) is 2.84. The van der Waals surface area contributed by atoms with E-state index in [0.717, 1.165) is 24.9 Å². The fourth-order valence-corrected chi connectivity index (χ4v) is 3.36. The number of hydrogen-bond acceptors (Lipinski definition) is 3. The van der Waals surface area contributed by atoms with E-state index in [2.05, 4.69) is 4.90 Å². The Morgan fingerprint density at radius 1 is 1.40 bits per heavy atom. The first-order valence-corrected chi connectivity index (χ1v) is 7.23. The summed E-state index contributed by atoms with van der Waals surface area (Å²) in [7, 11) is 0. The fraction of sp³-hybridized carbons (Fsp3) is 0.562. The van der Waals surface area contributed by atoms with E-state index in [1.54, 1.807) is 6.92 Å². The predicted octanol–water partition coefficient (Wildman–Crippen LogP) is 2.49. The molecular formula is C16H20FNO2. The number of morpholine rings is 1. The minimum absolute atomic E-state index is 0.193. The Morgan fingerprint density at radius 3 is 2.95 bits per heavy atom. The van der Waals surface area contributed by atoms with Gasteiger partial charge >= 0.3 is 0 Å². The molecule has 2 saturated heterocycles. The van der Waals surface area contributed by atoms with Crippen LogP contribution < -0.4 is 0 Å². The van der Waals surface area contributed by atoms with Crippen molar-refractivity contribution >= 4 is 5.78 Å². The fourth-order valence-electron chi connectivity index (χ4n) is 3.36. The smallest absolute Gasteiger partial charge is 0.196 e. The molecule has 0 N–H and O–H groups in total. The lowest BCUT2D eigenvalue weighted by Gasteiger charge is -2.34. The van der Waals surface area contributed by atoms with Gasteiger partial charge in [-0.2, -0.15) is 0 Å². The molecule has 108 valence electrons. The second-order valence-electron chi connectivity index (χ2n) is 5.92. The summed E-state index contributed by atoms with van der Waals surface area (Å²) < 4.78 is 19.8. The number of hydrogen-bond donors (Lipinski definition) is 0. The lowest BCUT2D eigenvalue weighted by atomic mass is 9.97. The van der Waals surface area contributed by atoms with Crippen molar-refractivity contribution in [3.8, 4) is 0 Å². The molecule has 2 fully saturated rings. The summed E-state index contributed by atoms with van der Waals surface area (Å²) in [4.78, 5) is 14.8. The summed E-state index contributed by atoms with van der Waals surface area (Å²) in [6.07, 6.45) is 1.77. The van der Waals surface area contributed by atoms with Gasteiger partial charge in [0.1, 0.15) is 11.9 Å². The zero-order valence-electron chi connectivity index (χ0n) is 12.0. The summed E-state index contributed by atoms with van der Waals surface area (Å²) >= 11 is 0. The van der Waals surface area contributed by atoms with E-state index in [0.29, 0.717) is 24.8 Å². The van der Waals surface area contributed by atoms with Crippen LogP contribution >= 0.6 is 0 Å². The summed E-state index contributed by atoms with van der Waals surface area (Å²) in [5.74, 6) is -0.648. The van der Waals surface area contributed by atoms with Crippen molar-refractivity contribution in [2.75, 3.05) is 19.7 Å². The molecule has 0 radical (unpaired) electrons. The van der Waals surface area contributed by atoms with Gasteiger partial charge in [-0.3, -0.25) is 9.69 Å². The zero-order valence-corrected chi connectivity index (χ0v) is 12.0. The first-order chi connectivity index (χ1) is 9.56. The molecule has 4 heteroatoms. The molecule has 3 nitrogen and oxygen atoms in total. The summed E-state index contributed by atoms with van der Waals surface area (Å²) in [6, 6.07) is 3.71. The molecule has 2 aliphatic heterocycles. The van der Waals surface area contributed by atoms with Crippen LogP contribution in [-0.4, -0.2) is 42.5 Å². The van der Waals surface area contributed by atoms with Crippen LogP contribution in [0.4, 0.5) is 4.39 Å². The first-order valence-electron chi connectivity index (χ1n) is 7.23. The third-order valence-corrected chi connectivity index (χ3v) is 4.36. The van der Waals surface area contributed by atoms with E-state index >= 15 is 0 Å². The Bertz CT molecular complexity index is 520. The van der Waals surface area contributed by atoms with Gasteiger partial charge in [-0.25, -0.2) is 4.39 Å². The van der Waals surface area contributed by atoms with E-state index in [1.165, 1.54) is 6.07 Å². The number of aryl methyl sites for hydroxylation is 2. The van der Waals surface area contributed by atoms with Gasteiger partial charge in [0.15, 0.2) is 5.78 Å². The van der Waals surface area contributed by atoms with Crippen LogP contribution in [0.3, 0.4) is 0 Å². The van der Waals surface area contributed by atoms with Gasteiger partial charge in [0, 0.05) is 12.6 Å². The molecular weight excluding hydrogens is 257 g/mol. The second-order valence-corrected chi connectivity index (χ2v) is 5.92. The van der Waals surface area contributed by atoms with Crippen molar-refractivity contribution in [2.45, 2.75) is 38.8 Å². The van der Waals surface area contributed by atoms with Gasteiger partial charge in [-0.1, -0.05) is 6.07 Å². The number of carbonyl (C=O) groups is 1. The highest BCUT2D eigenvalue weighted by Crippen LogP contribution is 2.26. The van der Waals surface area contributed by atoms with Crippen LogP contribution in [0.25, 0.3) is 0 Å². The molecule has 0 amide bonds. The molecule has 1 aromatic rings. The van der Waals surface area contributed by atoms with Crippen molar-refractivity contribution in [1.29, 1.82) is 0 Å². The number of nitrogens with zero attached hydrogens (tertiary/aromatic N) is 1. The van der Waals surface area contributed by atoms with Crippen molar-refractivity contribution in [1.82, 2.24) is 4.90 Å². The highest BCUT2D eigenvalue weighted by atomic mass is 19.1. The number of halogens is 1. The maximum Gasteiger partial charge on any atom is 0.196 e. The Kier molecular flexibility index (Phi) is 3.61.